The highest BCUT2D eigenvalue weighted by Crippen LogP contribution is 2.34. The number of rotatable bonds is 7. The zero-order valence-electron chi connectivity index (χ0n) is 13.4. The lowest BCUT2D eigenvalue weighted by Crippen LogP contribution is -2.54. The molecular weight excluding hydrogens is 284 g/mol. The Balaban J connectivity index is 2.20. The highest BCUT2D eigenvalue weighted by atomic mass is 16.5. The van der Waals surface area contributed by atoms with E-state index in [2.05, 4.69) is 13.0 Å². The summed E-state index contributed by atoms with van der Waals surface area (Å²) >= 11 is 0. The maximum atomic E-state index is 11.5. The fourth-order valence-corrected chi connectivity index (χ4v) is 2.89. The molecular formula is C16H24N2O4. The van der Waals surface area contributed by atoms with Crippen LogP contribution in [0.25, 0.3) is 0 Å². The smallest absolute Gasteiger partial charge is 0.260 e. The van der Waals surface area contributed by atoms with Crippen LogP contribution in [0, 0.1) is 0 Å². The van der Waals surface area contributed by atoms with E-state index in [1.807, 2.05) is 11.0 Å². The van der Waals surface area contributed by atoms with Crippen molar-refractivity contribution in [2.75, 3.05) is 20.8 Å². The zero-order chi connectivity index (χ0) is 16.1. The van der Waals surface area contributed by atoms with Gasteiger partial charge in [0.25, 0.3) is 5.91 Å². The van der Waals surface area contributed by atoms with Crippen LogP contribution in [0.2, 0.25) is 0 Å². The van der Waals surface area contributed by atoms with E-state index in [0.717, 1.165) is 42.7 Å². The Labute approximate surface area is 131 Å². The second kappa shape index (κ2) is 7.47. The minimum atomic E-state index is -0.347. The number of amides is 1. The van der Waals surface area contributed by atoms with Crippen molar-refractivity contribution < 1.29 is 19.5 Å². The summed E-state index contributed by atoms with van der Waals surface area (Å²) in [5.74, 6) is 1.15. The van der Waals surface area contributed by atoms with Gasteiger partial charge in [-0.25, -0.2) is 5.48 Å². The summed E-state index contributed by atoms with van der Waals surface area (Å²) < 4.78 is 10.9. The first-order valence-electron chi connectivity index (χ1n) is 7.56. The number of hydroxylamine groups is 1. The van der Waals surface area contributed by atoms with Gasteiger partial charge in [-0.15, -0.1) is 0 Å². The van der Waals surface area contributed by atoms with E-state index < -0.39 is 0 Å². The first-order chi connectivity index (χ1) is 10.6. The van der Waals surface area contributed by atoms with Crippen LogP contribution in [0.1, 0.15) is 30.9 Å². The summed E-state index contributed by atoms with van der Waals surface area (Å²) in [5.41, 5.74) is 3.92. The predicted molar refractivity (Wildman–Crippen MR) is 82.3 cm³/mol. The van der Waals surface area contributed by atoms with E-state index in [0.29, 0.717) is 12.3 Å². The van der Waals surface area contributed by atoms with E-state index >= 15 is 0 Å². The van der Waals surface area contributed by atoms with Crippen molar-refractivity contribution >= 4 is 5.91 Å². The Kier molecular flexibility index (Phi) is 5.63. The molecule has 6 nitrogen and oxygen atoms in total. The topological polar surface area (TPSA) is 71.0 Å². The highest BCUT2D eigenvalue weighted by Gasteiger charge is 2.34. The van der Waals surface area contributed by atoms with Crippen LogP contribution in [0.4, 0.5) is 0 Å². The molecule has 1 aliphatic heterocycles. The molecule has 0 radical (unpaired) electrons. The van der Waals surface area contributed by atoms with Gasteiger partial charge in [0.1, 0.15) is 0 Å². The van der Waals surface area contributed by atoms with Gasteiger partial charge in [-0.3, -0.25) is 14.9 Å². The van der Waals surface area contributed by atoms with E-state index in [4.69, 9.17) is 14.7 Å². The molecule has 6 heteroatoms. The number of likely N-dealkylation sites (tertiary alicyclic amines) is 1. The molecule has 1 atom stereocenters. The second-order valence-electron chi connectivity index (χ2n) is 5.49. The second-order valence-corrected chi connectivity index (χ2v) is 5.49. The number of methoxy groups -OCH3 is 2. The van der Waals surface area contributed by atoms with Gasteiger partial charge >= 0.3 is 0 Å². The average Bonchev–Trinajstić information content (AvgIpc) is 2.51. The number of carbonyl (C=O) groups excluding carboxylic acids is 1. The largest absolute Gasteiger partial charge is 0.493 e. The standard InChI is InChI=1S/C16H24N2O4/c1-4-5-12-8-11(9-14(21-2)15(12)22-3)10-18-7-6-13(18)16(19)17-20/h8-9,13,20H,4-7,10H2,1-3H3,(H,17,19)/t13-/m1/s1. The van der Waals surface area contributed by atoms with Crippen LogP contribution in [0.3, 0.4) is 0 Å². The molecule has 0 unspecified atom stereocenters. The maximum absolute atomic E-state index is 11.5. The maximum Gasteiger partial charge on any atom is 0.260 e. The van der Waals surface area contributed by atoms with E-state index in [1.54, 1.807) is 19.7 Å². The number of hydrogen-bond donors (Lipinski definition) is 2. The number of carbonyl (C=O) groups is 1. The van der Waals surface area contributed by atoms with E-state index in [1.165, 1.54) is 0 Å². The number of ether oxygens (including phenoxy) is 2. The third-order valence-electron chi connectivity index (χ3n) is 4.06. The third-order valence-corrected chi connectivity index (χ3v) is 4.06. The summed E-state index contributed by atoms with van der Waals surface area (Å²) in [7, 11) is 3.27. The van der Waals surface area contributed by atoms with Crippen molar-refractivity contribution in [1.29, 1.82) is 0 Å². The normalized spacial score (nSPS) is 17.7. The Morgan fingerprint density at radius 2 is 2.18 bits per heavy atom. The fraction of sp³-hybridized carbons (Fsp3) is 0.562. The molecule has 1 aromatic carbocycles. The molecule has 122 valence electrons. The van der Waals surface area contributed by atoms with Crippen LogP contribution in [-0.2, 0) is 17.8 Å². The van der Waals surface area contributed by atoms with Crippen molar-refractivity contribution in [3.8, 4) is 11.5 Å². The van der Waals surface area contributed by atoms with Gasteiger partial charge in [0.2, 0.25) is 0 Å². The van der Waals surface area contributed by atoms with Gasteiger partial charge in [-0.2, -0.15) is 0 Å². The molecule has 1 fully saturated rings. The predicted octanol–water partition coefficient (Wildman–Crippen LogP) is 1.74. The molecule has 1 aromatic rings. The number of nitrogens with one attached hydrogen (secondary N) is 1. The molecule has 0 aromatic heterocycles. The van der Waals surface area contributed by atoms with Crippen LogP contribution < -0.4 is 15.0 Å². The van der Waals surface area contributed by atoms with Gasteiger partial charge in [0.05, 0.1) is 20.3 Å². The van der Waals surface area contributed by atoms with Gasteiger partial charge < -0.3 is 9.47 Å². The lowest BCUT2D eigenvalue weighted by atomic mass is 9.99. The molecule has 1 saturated heterocycles. The number of nitrogens with zero attached hydrogens (tertiary/aromatic N) is 1. The lowest BCUT2D eigenvalue weighted by molar-refractivity contribution is -0.139. The van der Waals surface area contributed by atoms with Gasteiger partial charge in [-0.1, -0.05) is 19.4 Å². The molecule has 0 bridgehead atoms. The van der Waals surface area contributed by atoms with Gasteiger partial charge in [0.15, 0.2) is 11.5 Å². The number of hydrogen-bond acceptors (Lipinski definition) is 5. The van der Waals surface area contributed by atoms with Crippen molar-refractivity contribution in [1.82, 2.24) is 10.4 Å². The average molecular weight is 308 g/mol. The molecule has 0 spiro atoms. The molecule has 0 aliphatic carbocycles. The summed E-state index contributed by atoms with van der Waals surface area (Å²) in [6.45, 7) is 3.61. The molecule has 2 N–H and O–H groups in total. The summed E-state index contributed by atoms with van der Waals surface area (Å²) in [6.07, 6.45) is 2.69. The number of aryl methyl sites for hydroxylation is 1. The summed E-state index contributed by atoms with van der Waals surface area (Å²) in [5, 5.41) is 8.76. The van der Waals surface area contributed by atoms with Crippen molar-refractivity contribution in [2.24, 2.45) is 0 Å². The molecule has 0 saturated carbocycles. The minimum absolute atomic E-state index is 0.257. The number of benzene rings is 1. The first kappa shape index (κ1) is 16.6. The Morgan fingerprint density at radius 3 is 2.68 bits per heavy atom. The molecule has 1 aliphatic rings. The third kappa shape index (κ3) is 3.34. The Morgan fingerprint density at radius 1 is 1.41 bits per heavy atom. The van der Waals surface area contributed by atoms with E-state index in [9.17, 15) is 4.79 Å². The minimum Gasteiger partial charge on any atom is -0.493 e. The van der Waals surface area contributed by atoms with Crippen LogP contribution >= 0.6 is 0 Å². The highest BCUT2D eigenvalue weighted by molar-refractivity contribution is 5.81. The van der Waals surface area contributed by atoms with Crippen molar-refractivity contribution in [3.63, 3.8) is 0 Å². The van der Waals surface area contributed by atoms with Crippen LogP contribution in [-0.4, -0.2) is 42.8 Å². The van der Waals surface area contributed by atoms with Crippen LogP contribution in [0.5, 0.6) is 11.5 Å². The molecule has 2 rings (SSSR count). The SMILES string of the molecule is CCCc1cc(CN2CC[C@@H]2C(=O)NO)cc(OC)c1OC. The Hall–Kier alpha value is -1.79. The summed E-state index contributed by atoms with van der Waals surface area (Å²) in [4.78, 5) is 13.6. The van der Waals surface area contributed by atoms with Crippen LogP contribution in [0.15, 0.2) is 12.1 Å². The lowest BCUT2D eigenvalue weighted by Gasteiger charge is -2.39. The zero-order valence-corrected chi connectivity index (χ0v) is 13.4. The van der Waals surface area contributed by atoms with E-state index in [-0.39, 0.29) is 11.9 Å². The fourth-order valence-electron chi connectivity index (χ4n) is 2.89. The molecule has 1 heterocycles. The van der Waals surface area contributed by atoms with Crippen molar-refractivity contribution in [2.45, 2.75) is 38.8 Å². The van der Waals surface area contributed by atoms with Crippen molar-refractivity contribution in [3.05, 3.63) is 23.3 Å². The molecule has 22 heavy (non-hydrogen) atoms. The quantitative estimate of drug-likeness (QED) is 0.593. The van der Waals surface area contributed by atoms with Gasteiger partial charge in [-0.05, 0) is 30.0 Å². The molecule has 1 amide bonds. The van der Waals surface area contributed by atoms with Gasteiger partial charge in [0, 0.05) is 13.1 Å². The monoisotopic (exact) mass is 308 g/mol. The first-order valence-corrected chi connectivity index (χ1v) is 7.56. The Bertz CT molecular complexity index is 533. The summed E-state index contributed by atoms with van der Waals surface area (Å²) in [6, 6.07) is 3.80.